The van der Waals surface area contributed by atoms with E-state index in [0.29, 0.717) is 13.1 Å². The van der Waals surface area contributed by atoms with Gasteiger partial charge in [-0.25, -0.2) is 13.2 Å². The number of carboxylic acid groups (broad SMARTS) is 1. The molecule has 0 aliphatic carbocycles. The lowest BCUT2D eigenvalue weighted by atomic mass is 9.91. The highest BCUT2D eigenvalue weighted by molar-refractivity contribution is 7.89. The molecule has 1 aromatic heterocycles. The van der Waals surface area contributed by atoms with Crippen LogP contribution in [0, 0.1) is 0 Å². The molecule has 0 unspecified atom stereocenters. The predicted molar refractivity (Wildman–Crippen MR) is 82.7 cm³/mol. The minimum Gasteiger partial charge on any atom is -0.478 e. The summed E-state index contributed by atoms with van der Waals surface area (Å²) in [5.74, 6) is -0.905. The van der Waals surface area contributed by atoms with Crippen molar-refractivity contribution < 1.29 is 18.3 Å². The molecule has 0 amide bonds. The van der Waals surface area contributed by atoms with Gasteiger partial charge in [-0.3, -0.25) is 5.10 Å². The number of hydrogen-bond acceptors (Lipinski definition) is 4. The van der Waals surface area contributed by atoms with E-state index in [4.69, 9.17) is 5.11 Å². The molecular weight excluding hydrogens is 318 g/mol. The van der Waals surface area contributed by atoms with Crippen molar-refractivity contribution in [1.82, 2.24) is 14.5 Å². The molecule has 1 fully saturated rings. The maximum absolute atomic E-state index is 12.6. The van der Waals surface area contributed by atoms with Crippen LogP contribution in [0.25, 0.3) is 0 Å². The van der Waals surface area contributed by atoms with Crippen LogP contribution >= 0.6 is 0 Å². The van der Waals surface area contributed by atoms with Crippen LogP contribution in [0.1, 0.15) is 34.7 Å². The first-order valence-corrected chi connectivity index (χ1v) is 8.74. The number of aromatic amines is 1. The van der Waals surface area contributed by atoms with E-state index in [1.807, 2.05) is 0 Å². The van der Waals surface area contributed by atoms with Crippen molar-refractivity contribution in [1.29, 1.82) is 0 Å². The van der Waals surface area contributed by atoms with Crippen LogP contribution < -0.4 is 0 Å². The van der Waals surface area contributed by atoms with E-state index < -0.39 is 16.0 Å². The first-order chi connectivity index (χ1) is 11.0. The number of benzene rings is 1. The molecule has 2 heterocycles. The van der Waals surface area contributed by atoms with Gasteiger partial charge in [0.15, 0.2) is 0 Å². The molecule has 0 saturated carbocycles. The zero-order chi connectivity index (χ0) is 16.4. The van der Waals surface area contributed by atoms with Crippen molar-refractivity contribution in [3.8, 4) is 0 Å². The molecule has 0 radical (unpaired) electrons. The standard InChI is InChI=1S/C15H17N3O4S/c19-15(20)12-5-3-11(4-6-12)13-2-1-7-18(10-13)23(21,22)14-8-16-17-9-14/h3-6,8-9,13H,1-2,7,10H2,(H,16,17)(H,19,20)/t13-/m0/s1. The summed E-state index contributed by atoms with van der Waals surface area (Å²) < 4.78 is 26.6. The highest BCUT2D eigenvalue weighted by atomic mass is 32.2. The van der Waals surface area contributed by atoms with E-state index in [1.165, 1.54) is 16.7 Å². The third kappa shape index (κ3) is 3.13. The molecule has 2 aromatic rings. The topological polar surface area (TPSA) is 103 Å². The Morgan fingerprint density at radius 1 is 1.30 bits per heavy atom. The zero-order valence-electron chi connectivity index (χ0n) is 12.3. The van der Waals surface area contributed by atoms with Crippen LogP contribution in [0.2, 0.25) is 0 Å². The summed E-state index contributed by atoms with van der Waals surface area (Å²) in [6.07, 6.45) is 4.33. The lowest BCUT2D eigenvalue weighted by molar-refractivity contribution is 0.0697. The van der Waals surface area contributed by atoms with Crippen LogP contribution in [0.4, 0.5) is 0 Å². The van der Waals surface area contributed by atoms with Gasteiger partial charge >= 0.3 is 5.97 Å². The summed E-state index contributed by atoms with van der Waals surface area (Å²) >= 11 is 0. The predicted octanol–water partition coefficient (Wildman–Crippen LogP) is 1.68. The second-order valence-corrected chi connectivity index (χ2v) is 7.50. The van der Waals surface area contributed by atoms with Crippen LogP contribution in [0.5, 0.6) is 0 Å². The average Bonchev–Trinajstić information content (AvgIpc) is 3.10. The summed E-state index contributed by atoms with van der Waals surface area (Å²) in [5, 5.41) is 15.2. The summed E-state index contributed by atoms with van der Waals surface area (Å²) in [5.41, 5.74) is 1.19. The van der Waals surface area contributed by atoms with Gasteiger partial charge in [-0.1, -0.05) is 12.1 Å². The van der Waals surface area contributed by atoms with Gasteiger partial charge in [0.05, 0.1) is 11.8 Å². The molecule has 0 bridgehead atoms. The molecule has 3 rings (SSSR count). The molecule has 1 aliphatic rings. The van der Waals surface area contributed by atoms with Gasteiger partial charge in [-0.15, -0.1) is 0 Å². The Kier molecular flexibility index (Phi) is 4.18. The largest absolute Gasteiger partial charge is 0.478 e. The average molecular weight is 335 g/mol. The molecule has 8 heteroatoms. The number of hydrogen-bond donors (Lipinski definition) is 2. The number of aromatic nitrogens is 2. The van der Waals surface area contributed by atoms with Crippen LogP contribution in [0.15, 0.2) is 41.6 Å². The van der Waals surface area contributed by atoms with E-state index in [2.05, 4.69) is 10.2 Å². The molecule has 1 saturated heterocycles. The minimum atomic E-state index is -3.54. The normalized spacial score (nSPS) is 19.6. The Labute approximate surface area is 134 Å². The maximum Gasteiger partial charge on any atom is 0.335 e. The lowest BCUT2D eigenvalue weighted by Gasteiger charge is -2.31. The van der Waals surface area contributed by atoms with Gasteiger partial charge in [0, 0.05) is 19.3 Å². The summed E-state index contributed by atoms with van der Waals surface area (Å²) in [6.45, 7) is 0.872. The zero-order valence-corrected chi connectivity index (χ0v) is 13.2. The maximum atomic E-state index is 12.6. The Hall–Kier alpha value is -2.19. The number of sulfonamides is 1. The third-order valence-electron chi connectivity index (χ3n) is 4.12. The molecule has 1 aliphatic heterocycles. The van der Waals surface area contributed by atoms with Gasteiger partial charge in [-0.2, -0.15) is 9.40 Å². The first-order valence-electron chi connectivity index (χ1n) is 7.30. The summed E-state index contributed by atoms with van der Waals surface area (Å²) in [4.78, 5) is 11.1. The van der Waals surface area contributed by atoms with Gasteiger partial charge in [0.25, 0.3) is 0 Å². The molecule has 7 nitrogen and oxygen atoms in total. The number of aromatic carboxylic acids is 1. The number of nitrogens with one attached hydrogen (secondary N) is 1. The number of H-pyrrole nitrogens is 1. The third-order valence-corrected chi connectivity index (χ3v) is 5.95. The Balaban J connectivity index is 1.79. The van der Waals surface area contributed by atoms with E-state index in [-0.39, 0.29) is 16.4 Å². The van der Waals surface area contributed by atoms with Crippen molar-refractivity contribution in [3.05, 3.63) is 47.8 Å². The van der Waals surface area contributed by atoms with E-state index in [1.54, 1.807) is 24.3 Å². The van der Waals surface area contributed by atoms with Gasteiger partial charge in [0.2, 0.25) is 10.0 Å². The minimum absolute atomic E-state index is 0.0632. The monoisotopic (exact) mass is 335 g/mol. The highest BCUT2D eigenvalue weighted by Gasteiger charge is 2.31. The summed E-state index contributed by atoms with van der Waals surface area (Å²) in [7, 11) is -3.54. The number of carbonyl (C=O) groups is 1. The fourth-order valence-corrected chi connectivity index (χ4v) is 4.29. The Morgan fingerprint density at radius 3 is 2.65 bits per heavy atom. The number of carboxylic acids is 1. The van der Waals surface area contributed by atoms with E-state index in [9.17, 15) is 13.2 Å². The molecule has 1 aromatic carbocycles. The SMILES string of the molecule is O=C(O)c1ccc([C@H]2CCCN(S(=O)(=O)c3cn[nH]c3)C2)cc1. The van der Waals surface area contributed by atoms with Gasteiger partial charge in [-0.05, 0) is 36.5 Å². The van der Waals surface area contributed by atoms with Crippen LogP contribution in [-0.4, -0.2) is 47.1 Å². The number of rotatable bonds is 4. The first kappa shape index (κ1) is 15.7. The van der Waals surface area contributed by atoms with E-state index >= 15 is 0 Å². The van der Waals surface area contributed by atoms with Crippen molar-refractivity contribution >= 4 is 16.0 Å². The number of piperidine rings is 1. The fraction of sp³-hybridized carbons (Fsp3) is 0.333. The molecule has 1 atom stereocenters. The molecule has 0 spiro atoms. The lowest BCUT2D eigenvalue weighted by Crippen LogP contribution is -2.38. The molecule has 2 N–H and O–H groups in total. The van der Waals surface area contributed by atoms with E-state index in [0.717, 1.165) is 18.4 Å². The van der Waals surface area contributed by atoms with Crippen molar-refractivity contribution in [2.45, 2.75) is 23.7 Å². The van der Waals surface area contributed by atoms with Crippen LogP contribution in [0.3, 0.4) is 0 Å². The quantitative estimate of drug-likeness (QED) is 0.885. The van der Waals surface area contributed by atoms with Crippen molar-refractivity contribution in [2.75, 3.05) is 13.1 Å². The van der Waals surface area contributed by atoms with Crippen LogP contribution in [-0.2, 0) is 10.0 Å². The summed E-state index contributed by atoms with van der Waals surface area (Å²) in [6, 6.07) is 6.65. The van der Waals surface area contributed by atoms with Crippen molar-refractivity contribution in [3.63, 3.8) is 0 Å². The Bertz CT molecular complexity index is 785. The highest BCUT2D eigenvalue weighted by Crippen LogP contribution is 2.30. The molecule has 23 heavy (non-hydrogen) atoms. The van der Waals surface area contributed by atoms with Gasteiger partial charge in [0.1, 0.15) is 4.90 Å². The second-order valence-electron chi connectivity index (χ2n) is 5.56. The van der Waals surface area contributed by atoms with Gasteiger partial charge < -0.3 is 5.11 Å². The Morgan fingerprint density at radius 2 is 2.04 bits per heavy atom. The number of nitrogens with zero attached hydrogens (tertiary/aromatic N) is 2. The smallest absolute Gasteiger partial charge is 0.335 e. The molecule has 122 valence electrons. The van der Waals surface area contributed by atoms with Crippen molar-refractivity contribution in [2.24, 2.45) is 0 Å². The molecular formula is C15H17N3O4S. The fourth-order valence-electron chi connectivity index (χ4n) is 2.86. The second kappa shape index (κ2) is 6.13.